The van der Waals surface area contributed by atoms with Crippen molar-refractivity contribution in [3.05, 3.63) is 106 Å². The van der Waals surface area contributed by atoms with E-state index in [0.717, 1.165) is 19.3 Å². The topological polar surface area (TPSA) is 16.1 Å². The number of hydrogen-bond donors (Lipinski definition) is 0. The highest BCUT2D eigenvalue weighted by Crippen LogP contribution is 2.54. The lowest BCUT2D eigenvalue weighted by Gasteiger charge is -2.40. The van der Waals surface area contributed by atoms with Gasteiger partial charge in [0.05, 0.1) is 17.1 Å². The van der Waals surface area contributed by atoms with Crippen molar-refractivity contribution in [3.8, 4) is 11.1 Å². The quantitative estimate of drug-likeness (QED) is 0.334. The highest BCUT2D eigenvalue weighted by atomic mass is 15.2. The predicted octanol–water partition coefficient (Wildman–Crippen LogP) is 5.93. The molecule has 2 nitrogen and oxygen atoms in total. The summed E-state index contributed by atoms with van der Waals surface area (Å²) in [6.07, 6.45) is 4.90. The highest BCUT2D eigenvalue weighted by molar-refractivity contribution is 5.94. The Morgan fingerprint density at radius 3 is 2.39 bits per heavy atom. The zero-order chi connectivity index (χ0) is 18.2. The fraction of sp³-hybridized carbons (Fsp3) is 0.115. The summed E-state index contributed by atoms with van der Waals surface area (Å²) in [7, 11) is 0. The van der Waals surface area contributed by atoms with Gasteiger partial charge in [-0.25, -0.2) is 0 Å². The normalized spacial score (nSPS) is 14.6. The molecule has 0 fully saturated rings. The van der Waals surface area contributed by atoms with Crippen LogP contribution in [0.3, 0.4) is 0 Å². The third kappa shape index (κ3) is 1.75. The van der Waals surface area contributed by atoms with Gasteiger partial charge in [-0.15, -0.1) is 0 Å². The van der Waals surface area contributed by atoms with Gasteiger partial charge in [-0.2, -0.15) is 0 Å². The van der Waals surface area contributed by atoms with Gasteiger partial charge in [-0.05, 0) is 51.1 Å². The van der Waals surface area contributed by atoms with E-state index in [2.05, 4.69) is 71.6 Å². The highest BCUT2D eigenvalue weighted by Gasteiger charge is 2.35. The number of aromatic nitrogens is 1. The fourth-order valence-corrected chi connectivity index (χ4v) is 5.37. The van der Waals surface area contributed by atoms with Gasteiger partial charge >= 0.3 is 0 Å². The summed E-state index contributed by atoms with van der Waals surface area (Å²) in [6.45, 7) is 0. The molecule has 0 saturated heterocycles. The second-order valence-electron chi connectivity index (χ2n) is 8.02. The van der Waals surface area contributed by atoms with Crippen molar-refractivity contribution in [3.63, 3.8) is 0 Å². The Bertz CT molecular complexity index is 1290. The van der Waals surface area contributed by atoms with Gasteiger partial charge in [-0.1, -0.05) is 54.6 Å². The van der Waals surface area contributed by atoms with Crippen molar-refractivity contribution in [1.82, 2.24) is 4.98 Å². The van der Waals surface area contributed by atoms with Crippen LogP contribution >= 0.6 is 0 Å². The van der Waals surface area contributed by atoms with Crippen LogP contribution in [-0.2, 0) is 19.3 Å². The van der Waals surface area contributed by atoms with Crippen LogP contribution in [0.5, 0.6) is 0 Å². The van der Waals surface area contributed by atoms with Gasteiger partial charge in [0.2, 0.25) is 0 Å². The average molecular weight is 358 g/mol. The minimum absolute atomic E-state index is 0.917. The maximum atomic E-state index is 4.78. The average Bonchev–Trinajstić information content (AvgIpc) is 3.12. The van der Waals surface area contributed by atoms with E-state index in [1.54, 1.807) is 0 Å². The lowest BCUT2D eigenvalue weighted by atomic mass is 9.86. The van der Waals surface area contributed by atoms with Gasteiger partial charge in [0, 0.05) is 31.1 Å². The molecule has 0 radical (unpaired) electrons. The molecule has 0 saturated carbocycles. The molecule has 0 amide bonds. The zero-order valence-corrected chi connectivity index (χ0v) is 15.4. The van der Waals surface area contributed by atoms with Crippen molar-refractivity contribution >= 4 is 17.1 Å². The van der Waals surface area contributed by atoms with Crippen LogP contribution in [0.2, 0.25) is 0 Å². The molecule has 0 N–H and O–H groups in total. The van der Waals surface area contributed by atoms with Crippen LogP contribution in [0.1, 0.15) is 33.5 Å². The molecule has 28 heavy (non-hydrogen) atoms. The molecule has 4 aromatic rings. The molecule has 1 aromatic heterocycles. The summed E-state index contributed by atoms with van der Waals surface area (Å²) in [6, 6.07) is 24.5. The third-order valence-corrected chi connectivity index (χ3v) is 6.54. The molecular formula is C26H18N2. The summed E-state index contributed by atoms with van der Waals surface area (Å²) in [5.41, 5.74) is 15.1. The first-order chi connectivity index (χ1) is 13.9. The van der Waals surface area contributed by atoms with Crippen LogP contribution in [0.25, 0.3) is 11.1 Å². The standard InChI is InChI=1S/C26H18N2/c1-3-7-20-16(5-1)14-22-21(20)10-9-18-13-19-11-12-27-23-15-17-6-2-4-8-24(17)28(25(18)22)26(19)23/h1-12H,13-15H2. The van der Waals surface area contributed by atoms with Crippen molar-refractivity contribution in [2.24, 2.45) is 0 Å². The third-order valence-electron chi connectivity index (χ3n) is 6.54. The molecule has 2 heteroatoms. The zero-order valence-electron chi connectivity index (χ0n) is 15.4. The summed E-state index contributed by atoms with van der Waals surface area (Å²) in [5, 5.41) is 0. The molecule has 2 aliphatic heterocycles. The van der Waals surface area contributed by atoms with E-state index in [1.807, 2.05) is 6.20 Å². The van der Waals surface area contributed by atoms with Crippen molar-refractivity contribution in [2.75, 3.05) is 4.90 Å². The van der Waals surface area contributed by atoms with Gasteiger partial charge < -0.3 is 4.90 Å². The van der Waals surface area contributed by atoms with Crippen LogP contribution in [0, 0.1) is 0 Å². The van der Waals surface area contributed by atoms with E-state index in [-0.39, 0.29) is 0 Å². The monoisotopic (exact) mass is 358 g/mol. The van der Waals surface area contributed by atoms with E-state index in [1.165, 1.54) is 61.7 Å². The Hall–Kier alpha value is -3.39. The predicted molar refractivity (Wildman–Crippen MR) is 113 cm³/mol. The Morgan fingerprint density at radius 1 is 0.607 bits per heavy atom. The van der Waals surface area contributed by atoms with Crippen molar-refractivity contribution in [2.45, 2.75) is 19.3 Å². The maximum Gasteiger partial charge on any atom is 0.0716 e. The summed E-state index contributed by atoms with van der Waals surface area (Å²) < 4.78 is 0. The number of hydrogen-bond acceptors (Lipinski definition) is 2. The Morgan fingerprint density at radius 2 is 1.43 bits per heavy atom. The molecule has 132 valence electrons. The molecule has 3 heterocycles. The SMILES string of the molecule is c1ccc2c(c1)Cc1c-2ccc2c1N1c3ccccc3Cc3nccc(c31)C2. The lowest BCUT2D eigenvalue weighted by Crippen LogP contribution is -2.26. The van der Waals surface area contributed by atoms with E-state index >= 15 is 0 Å². The number of anilines is 3. The van der Waals surface area contributed by atoms with Gasteiger partial charge in [0.25, 0.3) is 0 Å². The smallest absolute Gasteiger partial charge is 0.0716 e. The molecule has 0 spiro atoms. The van der Waals surface area contributed by atoms with Crippen LogP contribution < -0.4 is 4.90 Å². The molecule has 3 aromatic carbocycles. The summed E-state index contributed by atoms with van der Waals surface area (Å²) in [4.78, 5) is 7.29. The minimum atomic E-state index is 0.917. The molecule has 0 unspecified atom stereocenters. The van der Waals surface area contributed by atoms with Crippen LogP contribution in [0.15, 0.2) is 72.9 Å². The first-order valence-corrected chi connectivity index (χ1v) is 9.96. The van der Waals surface area contributed by atoms with Crippen LogP contribution in [0.4, 0.5) is 17.1 Å². The van der Waals surface area contributed by atoms with Crippen LogP contribution in [-0.4, -0.2) is 4.98 Å². The van der Waals surface area contributed by atoms with E-state index in [9.17, 15) is 0 Å². The van der Waals surface area contributed by atoms with Gasteiger partial charge in [0.1, 0.15) is 0 Å². The first kappa shape index (κ1) is 14.6. The van der Waals surface area contributed by atoms with E-state index in [4.69, 9.17) is 4.98 Å². The number of nitrogens with zero attached hydrogens (tertiary/aromatic N) is 2. The van der Waals surface area contributed by atoms with E-state index < -0.39 is 0 Å². The first-order valence-electron chi connectivity index (χ1n) is 9.96. The largest absolute Gasteiger partial charge is 0.307 e. The Balaban J connectivity index is 1.56. The number of benzene rings is 3. The second kappa shape index (κ2) is 5.11. The fourth-order valence-electron chi connectivity index (χ4n) is 5.37. The molecule has 0 bridgehead atoms. The Kier molecular flexibility index (Phi) is 2.67. The molecule has 3 aliphatic rings. The molecule has 7 rings (SSSR count). The summed E-state index contributed by atoms with van der Waals surface area (Å²) >= 11 is 0. The van der Waals surface area contributed by atoms with Crippen molar-refractivity contribution < 1.29 is 0 Å². The number of pyridine rings is 1. The minimum Gasteiger partial charge on any atom is -0.307 e. The van der Waals surface area contributed by atoms with Gasteiger partial charge in [0.15, 0.2) is 0 Å². The molecular weight excluding hydrogens is 340 g/mol. The molecule has 0 atom stereocenters. The summed E-state index contributed by atoms with van der Waals surface area (Å²) in [5.74, 6) is 0. The van der Waals surface area contributed by atoms with Crippen molar-refractivity contribution in [1.29, 1.82) is 0 Å². The number of fused-ring (bicyclic) bond motifs is 8. The lowest BCUT2D eigenvalue weighted by molar-refractivity contribution is 0.954. The Labute approximate surface area is 164 Å². The van der Waals surface area contributed by atoms with E-state index in [0.29, 0.717) is 0 Å². The number of rotatable bonds is 0. The maximum absolute atomic E-state index is 4.78. The van der Waals surface area contributed by atoms with Gasteiger partial charge in [-0.3, -0.25) is 4.98 Å². The second-order valence-corrected chi connectivity index (χ2v) is 8.02. The molecule has 1 aliphatic carbocycles. The number of para-hydroxylation sites is 1.